The Morgan fingerprint density at radius 2 is 1.93 bits per heavy atom. The zero-order valence-electron chi connectivity index (χ0n) is 16.0. The molecule has 2 aromatic carbocycles. The number of benzene rings is 2. The number of carbonyl (C=O) groups excluding carboxylic acids is 2. The second-order valence-corrected chi connectivity index (χ2v) is 8.58. The van der Waals surface area contributed by atoms with Gasteiger partial charge in [-0.2, -0.15) is 0 Å². The van der Waals surface area contributed by atoms with Crippen LogP contribution in [0.4, 0.5) is 5.69 Å². The summed E-state index contributed by atoms with van der Waals surface area (Å²) < 4.78 is 0. The Morgan fingerprint density at radius 1 is 1.15 bits per heavy atom. The van der Waals surface area contributed by atoms with Gasteiger partial charge in [0.1, 0.15) is 0 Å². The van der Waals surface area contributed by atoms with E-state index >= 15 is 0 Å². The van der Waals surface area contributed by atoms with Crippen molar-refractivity contribution >= 4 is 29.3 Å². The molecule has 0 saturated carbocycles. The van der Waals surface area contributed by atoms with E-state index < -0.39 is 4.87 Å². The van der Waals surface area contributed by atoms with E-state index in [0.717, 1.165) is 28.1 Å². The van der Waals surface area contributed by atoms with E-state index in [0.29, 0.717) is 19.5 Å². The molecule has 0 bridgehead atoms. The van der Waals surface area contributed by atoms with E-state index in [-0.39, 0.29) is 11.8 Å². The Hall–Kier alpha value is -2.27. The maximum Gasteiger partial charge on any atom is 0.268 e. The van der Waals surface area contributed by atoms with Crippen molar-refractivity contribution in [3.63, 3.8) is 0 Å². The molecule has 2 aliphatic heterocycles. The molecule has 1 saturated heterocycles. The minimum atomic E-state index is -0.904. The Balaban J connectivity index is 1.82. The quantitative estimate of drug-likeness (QED) is 0.808. The van der Waals surface area contributed by atoms with Gasteiger partial charge in [-0.05, 0) is 25.5 Å². The zero-order valence-corrected chi connectivity index (χ0v) is 16.8. The van der Waals surface area contributed by atoms with Crippen molar-refractivity contribution in [2.75, 3.05) is 17.2 Å². The van der Waals surface area contributed by atoms with E-state index in [1.807, 2.05) is 36.9 Å². The van der Waals surface area contributed by atoms with Crippen LogP contribution in [0, 0.1) is 13.8 Å². The van der Waals surface area contributed by atoms with E-state index in [4.69, 9.17) is 0 Å². The van der Waals surface area contributed by atoms with Gasteiger partial charge in [0.2, 0.25) is 5.91 Å². The van der Waals surface area contributed by atoms with Gasteiger partial charge in [-0.3, -0.25) is 9.59 Å². The second kappa shape index (κ2) is 6.71. The van der Waals surface area contributed by atoms with Gasteiger partial charge in [0.25, 0.3) is 5.91 Å². The van der Waals surface area contributed by atoms with E-state index in [1.54, 1.807) is 16.7 Å². The van der Waals surface area contributed by atoms with Crippen molar-refractivity contribution in [3.8, 4) is 0 Å². The van der Waals surface area contributed by atoms with Gasteiger partial charge in [0.15, 0.2) is 4.87 Å². The number of nitrogens with zero attached hydrogens (tertiary/aromatic N) is 2. The Labute approximate surface area is 164 Å². The Kier molecular flexibility index (Phi) is 4.50. The molecule has 4 nitrogen and oxygen atoms in total. The standard InChI is InChI=1S/C22H24N2O2S/c1-4-20(25)24-10-11-27-22(24)18-13-16(3)8-9-19(18)23(21(22)26)14-17-7-5-6-15(2)12-17/h5-9,12-13H,4,10-11,14H2,1-3H3/t22-/m1/s1. The van der Waals surface area contributed by atoms with Crippen LogP contribution < -0.4 is 4.90 Å². The predicted molar refractivity (Wildman–Crippen MR) is 110 cm³/mol. The highest BCUT2D eigenvalue weighted by atomic mass is 32.2. The number of carbonyl (C=O) groups is 2. The van der Waals surface area contributed by atoms with E-state index in [1.165, 1.54) is 5.56 Å². The normalized spacial score (nSPS) is 21.2. The molecule has 1 fully saturated rings. The molecule has 0 unspecified atom stereocenters. The van der Waals surface area contributed by atoms with Crippen molar-refractivity contribution in [2.24, 2.45) is 0 Å². The fraction of sp³-hybridized carbons (Fsp3) is 0.364. The SMILES string of the molecule is CCC(=O)N1CCS[C@]12C(=O)N(Cc1cccc(C)c1)c1ccc(C)cc12. The fourth-order valence-corrected chi connectivity index (χ4v) is 5.60. The van der Waals surface area contributed by atoms with Crippen molar-refractivity contribution in [2.45, 2.75) is 38.6 Å². The van der Waals surface area contributed by atoms with Crippen LogP contribution in [0.3, 0.4) is 0 Å². The minimum absolute atomic E-state index is 0.00825. The molecule has 0 aromatic heterocycles. The number of amides is 2. The molecule has 0 N–H and O–H groups in total. The van der Waals surface area contributed by atoms with Gasteiger partial charge in [-0.15, -0.1) is 11.8 Å². The molecule has 2 heterocycles. The first-order valence-corrected chi connectivity index (χ1v) is 10.4. The highest BCUT2D eigenvalue weighted by Gasteiger charge is 2.59. The molecule has 140 valence electrons. The summed E-state index contributed by atoms with van der Waals surface area (Å²) in [6, 6.07) is 14.4. The van der Waals surface area contributed by atoms with Crippen LogP contribution >= 0.6 is 11.8 Å². The molecular weight excluding hydrogens is 356 g/mol. The van der Waals surface area contributed by atoms with Crippen molar-refractivity contribution in [3.05, 3.63) is 64.7 Å². The molecule has 2 aromatic rings. The fourth-order valence-electron chi connectivity index (χ4n) is 4.13. The van der Waals surface area contributed by atoms with Crippen LogP contribution in [0.5, 0.6) is 0 Å². The monoisotopic (exact) mass is 380 g/mol. The van der Waals surface area contributed by atoms with Gasteiger partial charge in [0, 0.05) is 24.3 Å². The molecule has 1 atom stereocenters. The molecule has 0 aliphatic carbocycles. The summed E-state index contributed by atoms with van der Waals surface area (Å²) in [6.07, 6.45) is 0.411. The molecule has 27 heavy (non-hydrogen) atoms. The van der Waals surface area contributed by atoms with Gasteiger partial charge in [-0.25, -0.2) is 0 Å². The average Bonchev–Trinajstić information content (AvgIpc) is 3.19. The third kappa shape index (κ3) is 2.76. The summed E-state index contributed by atoms with van der Waals surface area (Å²) in [5.74, 6) is 0.829. The first kappa shape index (κ1) is 18.1. The zero-order chi connectivity index (χ0) is 19.2. The predicted octanol–water partition coefficient (Wildman–Crippen LogP) is 3.99. The van der Waals surface area contributed by atoms with E-state index in [9.17, 15) is 9.59 Å². The number of rotatable bonds is 3. The second-order valence-electron chi connectivity index (χ2n) is 7.29. The van der Waals surface area contributed by atoms with Crippen LogP contribution in [0.15, 0.2) is 42.5 Å². The summed E-state index contributed by atoms with van der Waals surface area (Å²) >= 11 is 1.59. The number of aryl methyl sites for hydroxylation is 2. The number of thioether (sulfide) groups is 1. The largest absolute Gasteiger partial charge is 0.315 e. The molecule has 2 aliphatic rings. The van der Waals surface area contributed by atoms with Gasteiger partial charge >= 0.3 is 0 Å². The molecule has 5 heteroatoms. The molecule has 0 radical (unpaired) electrons. The van der Waals surface area contributed by atoms with Gasteiger partial charge in [-0.1, -0.05) is 54.4 Å². The maximum absolute atomic E-state index is 13.7. The minimum Gasteiger partial charge on any atom is -0.315 e. The third-order valence-corrected chi connectivity index (χ3v) is 6.79. The lowest BCUT2D eigenvalue weighted by molar-refractivity contribution is -0.139. The molecule has 1 spiro atoms. The maximum atomic E-state index is 13.7. The van der Waals surface area contributed by atoms with Crippen LogP contribution in [-0.4, -0.2) is 29.0 Å². The Bertz CT molecular complexity index is 926. The number of fused-ring (bicyclic) bond motifs is 2. The summed E-state index contributed by atoms with van der Waals surface area (Å²) in [6.45, 7) is 7.09. The Morgan fingerprint density at radius 3 is 2.67 bits per heavy atom. The first-order chi connectivity index (χ1) is 13.0. The van der Waals surface area contributed by atoms with Crippen LogP contribution in [-0.2, 0) is 21.0 Å². The third-order valence-electron chi connectivity index (χ3n) is 5.38. The molecular formula is C22H24N2O2S. The lowest BCUT2D eigenvalue weighted by Crippen LogP contribution is -2.50. The number of anilines is 1. The topological polar surface area (TPSA) is 40.6 Å². The summed E-state index contributed by atoms with van der Waals surface area (Å²) in [7, 11) is 0. The number of hydrogen-bond donors (Lipinski definition) is 0. The molecule has 2 amide bonds. The van der Waals surface area contributed by atoms with Crippen LogP contribution in [0.25, 0.3) is 0 Å². The van der Waals surface area contributed by atoms with Gasteiger partial charge in [0.05, 0.1) is 12.2 Å². The van der Waals surface area contributed by atoms with E-state index in [2.05, 4.69) is 31.2 Å². The van der Waals surface area contributed by atoms with Crippen molar-refractivity contribution in [1.82, 2.24) is 4.90 Å². The first-order valence-electron chi connectivity index (χ1n) is 9.40. The highest BCUT2D eigenvalue weighted by molar-refractivity contribution is 8.01. The van der Waals surface area contributed by atoms with Crippen molar-refractivity contribution in [1.29, 1.82) is 0 Å². The summed E-state index contributed by atoms with van der Waals surface area (Å²) in [5.41, 5.74) is 5.27. The lowest BCUT2D eigenvalue weighted by Gasteiger charge is -2.33. The summed E-state index contributed by atoms with van der Waals surface area (Å²) in [5, 5.41) is 0. The smallest absolute Gasteiger partial charge is 0.268 e. The van der Waals surface area contributed by atoms with Gasteiger partial charge < -0.3 is 9.80 Å². The molecule has 4 rings (SSSR count). The number of hydrogen-bond acceptors (Lipinski definition) is 3. The lowest BCUT2D eigenvalue weighted by atomic mass is 10.0. The average molecular weight is 381 g/mol. The van der Waals surface area contributed by atoms with Crippen LogP contribution in [0.2, 0.25) is 0 Å². The highest BCUT2D eigenvalue weighted by Crippen LogP contribution is 2.54. The van der Waals surface area contributed by atoms with Crippen LogP contribution in [0.1, 0.15) is 35.6 Å². The summed E-state index contributed by atoms with van der Waals surface area (Å²) in [4.78, 5) is 29.2. The van der Waals surface area contributed by atoms with Crippen molar-refractivity contribution < 1.29 is 9.59 Å².